The van der Waals surface area contributed by atoms with E-state index in [0.717, 1.165) is 5.56 Å². The highest BCUT2D eigenvalue weighted by Crippen LogP contribution is 2.42. The van der Waals surface area contributed by atoms with Gasteiger partial charge >= 0.3 is 0 Å². The monoisotopic (exact) mass is 229 g/mol. The molecule has 1 aliphatic rings. The Kier molecular flexibility index (Phi) is 2.50. The molecule has 2 N–H and O–H groups in total. The van der Waals surface area contributed by atoms with E-state index in [1.165, 1.54) is 0 Å². The van der Waals surface area contributed by atoms with Crippen LogP contribution in [0.5, 0.6) is 11.5 Å². The number of rotatable bonds is 2. The first kappa shape index (κ1) is 10.5. The molecule has 82 valence electrons. The minimum Gasteiger partial charge on any atom is -0.449 e. The molecule has 1 aliphatic heterocycles. The maximum Gasteiger partial charge on any atom is 0.246 e. The number of hydrogen-bond acceptors (Lipinski definition) is 4. The van der Waals surface area contributed by atoms with Crippen molar-refractivity contribution in [2.24, 2.45) is 5.90 Å². The van der Waals surface area contributed by atoms with E-state index < -0.39 is 5.79 Å². The van der Waals surface area contributed by atoms with Crippen molar-refractivity contribution in [2.75, 3.05) is 0 Å². The second kappa shape index (κ2) is 3.56. The van der Waals surface area contributed by atoms with Crippen LogP contribution >= 0.6 is 11.6 Å². The zero-order valence-corrected chi connectivity index (χ0v) is 9.30. The molecule has 0 fully saturated rings. The fourth-order valence-electron chi connectivity index (χ4n) is 1.49. The molecule has 0 bridgehead atoms. The molecule has 0 aliphatic carbocycles. The summed E-state index contributed by atoms with van der Waals surface area (Å²) in [5, 5.41) is 0.556. The third kappa shape index (κ3) is 2.02. The minimum atomic E-state index is -0.645. The van der Waals surface area contributed by atoms with E-state index in [-0.39, 0.29) is 6.61 Å². The average molecular weight is 230 g/mol. The fraction of sp³-hybridized carbons (Fsp3) is 0.400. The van der Waals surface area contributed by atoms with Crippen LogP contribution in [0.3, 0.4) is 0 Å². The van der Waals surface area contributed by atoms with Gasteiger partial charge in [-0.1, -0.05) is 11.6 Å². The quantitative estimate of drug-likeness (QED) is 0.791. The van der Waals surface area contributed by atoms with E-state index in [9.17, 15) is 0 Å². The van der Waals surface area contributed by atoms with Gasteiger partial charge in [-0.2, -0.15) is 0 Å². The molecule has 2 rings (SSSR count). The largest absolute Gasteiger partial charge is 0.449 e. The van der Waals surface area contributed by atoms with Crippen molar-refractivity contribution >= 4 is 11.6 Å². The van der Waals surface area contributed by atoms with Gasteiger partial charge in [-0.05, 0) is 6.07 Å². The van der Waals surface area contributed by atoms with Crippen LogP contribution in [0, 0.1) is 0 Å². The number of fused-ring (bicyclic) bond motifs is 1. The Labute approximate surface area is 92.8 Å². The van der Waals surface area contributed by atoms with E-state index in [4.69, 9.17) is 27.0 Å². The Bertz CT molecular complexity index is 392. The number of benzene rings is 1. The van der Waals surface area contributed by atoms with Crippen molar-refractivity contribution < 1.29 is 14.3 Å². The first-order valence-electron chi connectivity index (χ1n) is 4.54. The van der Waals surface area contributed by atoms with Crippen LogP contribution in [0.4, 0.5) is 0 Å². The fourth-order valence-corrected chi connectivity index (χ4v) is 1.70. The van der Waals surface area contributed by atoms with Gasteiger partial charge in [0.15, 0.2) is 11.5 Å². The molecule has 0 atom stereocenters. The molecular weight excluding hydrogens is 218 g/mol. The SMILES string of the molecule is CC1(C)Oc2cc(Cl)c(CON)cc2O1. The van der Waals surface area contributed by atoms with E-state index in [1.54, 1.807) is 12.1 Å². The summed E-state index contributed by atoms with van der Waals surface area (Å²) in [5.74, 6) is 5.66. The lowest BCUT2D eigenvalue weighted by Crippen LogP contribution is -2.29. The van der Waals surface area contributed by atoms with E-state index in [2.05, 4.69) is 4.84 Å². The molecule has 1 heterocycles. The smallest absolute Gasteiger partial charge is 0.246 e. The predicted octanol–water partition coefficient (Wildman–Crippen LogP) is 2.24. The summed E-state index contributed by atoms with van der Waals surface area (Å²) in [5.41, 5.74) is 0.777. The maximum absolute atomic E-state index is 6.01. The van der Waals surface area contributed by atoms with Crippen molar-refractivity contribution in [1.82, 2.24) is 0 Å². The lowest BCUT2D eigenvalue weighted by atomic mass is 10.2. The molecule has 0 spiro atoms. The van der Waals surface area contributed by atoms with Crippen LogP contribution < -0.4 is 15.4 Å². The van der Waals surface area contributed by atoms with Crippen molar-refractivity contribution in [3.8, 4) is 11.5 Å². The Hall–Kier alpha value is -0.970. The zero-order valence-electron chi connectivity index (χ0n) is 8.54. The normalized spacial score (nSPS) is 16.8. The summed E-state index contributed by atoms with van der Waals surface area (Å²) >= 11 is 6.01. The lowest BCUT2D eigenvalue weighted by Gasteiger charge is -2.16. The second-order valence-corrected chi connectivity index (χ2v) is 4.21. The van der Waals surface area contributed by atoms with Gasteiger partial charge in [0.2, 0.25) is 5.79 Å². The Balaban J connectivity index is 2.36. The van der Waals surface area contributed by atoms with Gasteiger partial charge in [0.25, 0.3) is 0 Å². The van der Waals surface area contributed by atoms with Gasteiger partial charge in [0.1, 0.15) is 0 Å². The standard InChI is InChI=1S/C10H12ClNO3/c1-10(2)14-8-3-6(5-13-12)7(11)4-9(8)15-10/h3-4H,5,12H2,1-2H3. The van der Waals surface area contributed by atoms with Gasteiger partial charge in [0, 0.05) is 25.5 Å². The van der Waals surface area contributed by atoms with Gasteiger partial charge in [-0.25, -0.2) is 5.90 Å². The summed E-state index contributed by atoms with van der Waals surface area (Å²) in [6, 6.07) is 3.49. The molecule has 15 heavy (non-hydrogen) atoms. The Morgan fingerprint density at radius 3 is 2.53 bits per heavy atom. The van der Waals surface area contributed by atoms with Crippen LogP contribution in [0.15, 0.2) is 12.1 Å². The summed E-state index contributed by atoms with van der Waals surface area (Å²) in [4.78, 5) is 4.54. The highest BCUT2D eigenvalue weighted by atomic mass is 35.5. The Morgan fingerprint density at radius 2 is 1.93 bits per heavy atom. The highest BCUT2D eigenvalue weighted by molar-refractivity contribution is 6.31. The molecule has 4 nitrogen and oxygen atoms in total. The van der Waals surface area contributed by atoms with E-state index in [0.29, 0.717) is 16.5 Å². The molecule has 0 saturated carbocycles. The first-order chi connectivity index (χ1) is 7.02. The third-order valence-electron chi connectivity index (χ3n) is 2.06. The van der Waals surface area contributed by atoms with Crippen LogP contribution in [-0.2, 0) is 11.4 Å². The minimum absolute atomic E-state index is 0.246. The summed E-state index contributed by atoms with van der Waals surface area (Å²) in [7, 11) is 0. The van der Waals surface area contributed by atoms with Crippen molar-refractivity contribution in [3.05, 3.63) is 22.7 Å². The predicted molar refractivity (Wildman–Crippen MR) is 55.8 cm³/mol. The third-order valence-corrected chi connectivity index (χ3v) is 2.41. The topological polar surface area (TPSA) is 53.7 Å². The Morgan fingerprint density at radius 1 is 1.33 bits per heavy atom. The average Bonchev–Trinajstić information content (AvgIpc) is 2.39. The summed E-state index contributed by atoms with van der Waals surface area (Å²) in [6.45, 7) is 3.91. The second-order valence-electron chi connectivity index (χ2n) is 3.81. The maximum atomic E-state index is 6.01. The summed E-state index contributed by atoms with van der Waals surface area (Å²) in [6.07, 6.45) is 0. The highest BCUT2D eigenvalue weighted by Gasteiger charge is 2.32. The number of halogens is 1. The zero-order chi connectivity index (χ0) is 11.1. The van der Waals surface area contributed by atoms with Gasteiger partial charge in [-0.15, -0.1) is 0 Å². The van der Waals surface area contributed by atoms with Gasteiger partial charge < -0.3 is 9.47 Å². The molecule has 0 amide bonds. The molecule has 1 aromatic carbocycles. The number of hydrogen-bond donors (Lipinski definition) is 1. The van der Waals surface area contributed by atoms with Crippen LogP contribution in [0.2, 0.25) is 5.02 Å². The first-order valence-corrected chi connectivity index (χ1v) is 4.92. The summed E-state index contributed by atoms with van der Waals surface area (Å²) < 4.78 is 11.1. The molecule has 0 aromatic heterocycles. The number of ether oxygens (including phenoxy) is 2. The molecule has 0 radical (unpaired) electrons. The van der Waals surface area contributed by atoms with Gasteiger partial charge in [0.05, 0.1) is 11.6 Å². The number of nitrogens with two attached hydrogens (primary N) is 1. The molecule has 0 unspecified atom stereocenters. The van der Waals surface area contributed by atoms with Crippen LogP contribution in [0.1, 0.15) is 19.4 Å². The molecule has 1 aromatic rings. The van der Waals surface area contributed by atoms with Crippen LogP contribution in [0.25, 0.3) is 0 Å². The molecule has 5 heteroatoms. The van der Waals surface area contributed by atoms with Crippen molar-refractivity contribution in [3.63, 3.8) is 0 Å². The van der Waals surface area contributed by atoms with Gasteiger partial charge in [-0.3, -0.25) is 4.84 Å². The van der Waals surface area contributed by atoms with E-state index >= 15 is 0 Å². The lowest BCUT2D eigenvalue weighted by molar-refractivity contribution is -0.0431. The van der Waals surface area contributed by atoms with Crippen LogP contribution in [-0.4, -0.2) is 5.79 Å². The van der Waals surface area contributed by atoms with Crippen molar-refractivity contribution in [2.45, 2.75) is 26.2 Å². The van der Waals surface area contributed by atoms with E-state index in [1.807, 2.05) is 13.8 Å². The molecular formula is C10H12ClNO3. The van der Waals surface area contributed by atoms with Crippen molar-refractivity contribution in [1.29, 1.82) is 0 Å². The molecule has 0 saturated heterocycles.